The molecule has 1 aromatic heterocycles. The average molecular weight is 378 g/mol. The molecule has 0 N–H and O–H groups in total. The molecule has 130 valence electrons. The smallest absolute Gasteiger partial charge is 0.347 e. The second-order valence-corrected chi connectivity index (χ2v) is 8.17. The topological polar surface area (TPSA) is 108 Å². The van der Waals surface area contributed by atoms with Gasteiger partial charge in [0.05, 0.1) is 15.4 Å². The number of anilines is 1. The van der Waals surface area contributed by atoms with Gasteiger partial charge in [-0.3, -0.25) is 10.1 Å². The third-order valence-electron chi connectivity index (χ3n) is 4.00. The highest BCUT2D eigenvalue weighted by Gasteiger charge is 2.32. The molecule has 10 heteroatoms. The molecule has 0 amide bonds. The summed E-state index contributed by atoms with van der Waals surface area (Å²) in [5.74, 6) is 0. The Morgan fingerprint density at radius 1 is 1.16 bits per heavy atom. The van der Waals surface area contributed by atoms with Crippen molar-refractivity contribution in [3.05, 3.63) is 51.4 Å². The first kappa shape index (κ1) is 17.3. The summed E-state index contributed by atoms with van der Waals surface area (Å²) in [6.45, 7) is 1.11. The number of nitrogens with zero attached hydrogens (tertiary/aromatic N) is 4. The molecule has 1 aliphatic heterocycles. The summed E-state index contributed by atoms with van der Waals surface area (Å²) in [5, 5.41) is 21.9. The van der Waals surface area contributed by atoms with Crippen LogP contribution in [0.25, 0.3) is 0 Å². The molecule has 0 aliphatic carbocycles. The lowest BCUT2D eigenvalue weighted by molar-refractivity contribution is -0.379. The van der Waals surface area contributed by atoms with Gasteiger partial charge in [-0.2, -0.15) is 9.57 Å². The summed E-state index contributed by atoms with van der Waals surface area (Å²) in [6.07, 6.45) is 0. The molecule has 0 spiro atoms. The maximum Gasteiger partial charge on any atom is 0.347 e. The first-order valence-electron chi connectivity index (χ1n) is 7.41. The summed E-state index contributed by atoms with van der Waals surface area (Å²) < 4.78 is 26.9. The van der Waals surface area contributed by atoms with Crippen LogP contribution in [-0.2, 0) is 10.0 Å². The lowest BCUT2D eigenvalue weighted by Gasteiger charge is -2.34. The van der Waals surface area contributed by atoms with E-state index in [-0.39, 0.29) is 28.5 Å². The number of hydrogen-bond acceptors (Lipinski definition) is 7. The fraction of sp³-hybridized carbons (Fsp3) is 0.267. The van der Waals surface area contributed by atoms with Crippen LogP contribution in [0.1, 0.15) is 5.56 Å². The number of piperazine rings is 1. The molecule has 0 atom stereocenters. The first-order chi connectivity index (χ1) is 11.9. The summed E-state index contributed by atoms with van der Waals surface area (Å²) in [5.41, 5.74) is 0.628. The van der Waals surface area contributed by atoms with Gasteiger partial charge in [0.15, 0.2) is 0 Å². The second kappa shape index (κ2) is 6.79. The molecule has 25 heavy (non-hydrogen) atoms. The molecule has 1 aliphatic rings. The summed E-state index contributed by atoms with van der Waals surface area (Å²) >= 11 is 1.05. The van der Waals surface area contributed by atoms with Crippen LogP contribution in [0.3, 0.4) is 0 Å². The van der Waals surface area contributed by atoms with Gasteiger partial charge in [-0.25, -0.2) is 8.42 Å². The van der Waals surface area contributed by atoms with Gasteiger partial charge in [0.1, 0.15) is 11.8 Å². The predicted octanol–water partition coefficient (Wildman–Crippen LogP) is 2.04. The Hall–Kier alpha value is -2.48. The van der Waals surface area contributed by atoms with E-state index in [0.717, 1.165) is 11.3 Å². The van der Waals surface area contributed by atoms with Crippen molar-refractivity contribution in [2.75, 3.05) is 31.1 Å². The third-order valence-corrected chi connectivity index (χ3v) is 6.81. The zero-order valence-corrected chi connectivity index (χ0v) is 14.7. The van der Waals surface area contributed by atoms with Crippen LogP contribution in [0.15, 0.2) is 40.6 Å². The van der Waals surface area contributed by atoms with E-state index in [1.807, 2.05) is 11.0 Å². The van der Waals surface area contributed by atoms with Crippen LogP contribution in [0.5, 0.6) is 0 Å². The number of rotatable bonds is 4. The molecule has 0 bridgehead atoms. The molecular weight excluding hydrogens is 364 g/mol. The Morgan fingerprint density at radius 3 is 2.48 bits per heavy atom. The zero-order valence-electron chi connectivity index (χ0n) is 13.0. The van der Waals surface area contributed by atoms with E-state index in [9.17, 15) is 18.5 Å². The Bertz CT molecular complexity index is 940. The highest BCUT2D eigenvalue weighted by Crippen LogP contribution is 2.34. The lowest BCUT2D eigenvalue weighted by Crippen LogP contribution is -2.48. The zero-order chi connectivity index (χ0) is 18.0. The standard InChI is InChI=1S/C15H14N4O4S2/c16-11-12-3-1-2-4-14(12)25(22,23)18-8-6-17(7-9-18)13-5-10-24-15(13)19(20)21/h1-5,10H,6-9H2. The third kappa shape index (κ3) is 3.21. The van der Waals surface area contributed by atoms with Crippen molar-refractivity contribution in [1.29, 1.82) is 5.26 Å². The molecule has 0 radical (unpaired) electrons. The number of sulfonamides is 1. The van der Waals surface area contributed by atoms with Crippen molar-refractivity contribution >= 4 is 32.0 Å². The Morgan fingerprint density at radius 2 is 1.84 bits per heavy atom. The molecule has 1 saturated heterocycles. The quantitative estimate of drug-likeness (QED) is 0.595. The van der Waals surface area contributed by atoms with Crippen LogP contribution in [0.4, 0.5) is 10.7 Å². The molecule has 1 aromatic carbocycles. The van der Waals surface area contributed by atoms with Crippen LogP contribution < -0.4 is 4.90 Å². The van der Waals surface area contributed by atoms with Crippen molar-refractivity contribution in [3.8, 4) is 6.07 Å². The normalized spacial score (nSPS) is 15.7. The fourth-order valence-corrected chi connectivity index (χ4v) is 5.06. The maximum absolute atomic E-state index is 12.8. The molecule has 0 saturated carbocycles. The van der Waals surface area contributed by atoms with E-state index in [4.69, 9.17) is 5.26 Å². The fourth-order valence-electron chi connectivity index (χ4n) is 2.76. The van der Waals surface area contributed by atoms with Crippen LogP contribution in [-0.4, -0.2) is 43.8 Å². The lowest BCUT2D eigenvalue weighted by atomic mass is 10.2. The van der Waals surface area contributed by atoms with Crippen molar-refractivity contribution in [2.45, 2.75) is 4.90 Å². The summed E-state index contributed by atoms with van der Waals surface area (Å²) in [6, 6.07) is 9.67. The van der Waals surface area contributed by atoms with Gasteiger partial charge in [0.25, 0.3) is 0 Å². The molecule has 2 heterocycles. The molecule has 2 aromatic rings. The summed E-state index contributed by atoms with van der Waals surface area (Å²) in [7, 11) is -3.77. The number of benzene rings is 1. The number of nitriles is 1. The van der Waals surface area contributed by atoms with Crippen molar-refractivity contribution in [1.82, 2.24) is 4.31 Å². The maximum atomic E-state index is 12.8. The van der Waals surface area contributed by atoms with Crippen molar-refractivity contribution < 1.29 is 13.3 Å². The number of nitro groups is 1. The number of thiophene rings is 1. The van der Waals surface area contributed by atoms with E-state index >= 15 is 0 Å². The highest BCUT2D eigenvalue weighted by atomic mass is 32.2. The SMILES string of the molecule is N#Cc1ccccc1S(=O)(=O)N1CCN(c2ccsc2[N+](=O)[O-])CC1. The molecule has 1 fully saturated rings. The van der Waals surface area contributed by atoms with Gasteiger partial charge in [-0.15, -0.1) is 0 Å². The molecule has 0 unspecified atom stereocenters. The minimum absolute atomic E-state index is 0.00698. The van der Waals surface area contributed by atoms with Crippen LogP contribution in [0, 0.1) is 21.4 Å². The predicted molar refractivity (Wildman–Crippen MR) is 93.1 cm³/mol. The van der Waals surface area contributed by atoms with E-state index in [1.54, 1.807) is 23.6 Å². The van der Waals surface area contributed by atoms with E-state index in [0.29, 0.717) is 18.8 Å². The first-order valence-corrected chi connectivity index (χ1v) is 9.73. The highest BCUT2D eigenvalue weighted by molar-refractivity contribution is 7.89. The summed E-state index contributed by atoms with van der Waals surface area (Å²) in [4.78, 5) is 12.4. The van der Waals surface area contributed by atoms with Gasteiger partial charge in [-0.1, -0.05) is 23.5 Å². The van der Waals surface area contributed by atoms with Gasteiger partial charge in [0, 0.05) is 26.2 Å². The van der Waals surface area contributed by atoms with Crippen LogP contribution in [0.2, 0.25) is 0 Å². The molecular formula is C15H14N4O4S2. The monoisotopic (exact) mass is 378 g/mol. The van der Waals surface area contributed by atoms with Crippen LogP contribution >= 0.6 is 11.3 Å². The van der Waals surface area contributed by atoms with Crippen molar-refractivity contribution in [3.63, 3.8) is 0 Å². The van der Waals surface area contributed by atoms with E-state index in [1.165, 1.54) is 16.4 Å². The average Bonchev–Trinajstić information content (AvgIpc) is 3.12. The molecule has 8 nitrogen and oxygen atoms in total. The van der Waals surface area contributed by atoms with Crippen molar-refractivity contribution in [2.24, 2.45) is 0 Å². The number of hydrogen-bond donors (Lipinski definition) is 0. The van der Waals surface area contributed by atoms with Gasteiger partial charge in [0.2, 0.25) is 10.0 Å². The van der Waals surface area contributed by atoms with Gasteiger partial charge >= 0.3 is 5.00 Å². The van der Waals surface area contributed by atoms with Gasteiger partial charge in [-0.05, 0) is 23.6 Å². The minimum Gasteiger partial charge on any atom is -0.363 e. The Balaban J connectivity index is 1.79. The Kier molecular flexibility index (Phi) is 4.71. The largest absolute Gasteiger partial charge is 0.363 e. The van der Waals surface area contributed by atoms with E-state index in [2.05, 4.69) is 0 Å². The minimum atomic E-state index is -3.77. The second-order valence-electron chi connectivity index (χ2n) is 5.37. The Labute approximate surface area is 148 Å². The van der Waals surface area contributed by atoms with Gasteiger partial charge < -0.3 is 4.90 Å². The molecule has 3 rings (SSSR count). The van der Waals surface area contributed by atoms with E-state index < -0.39 is 14.9 Å².